The first-order valence-corrected chi connectivity index (χ1v) is 7.57. The van der Waals surface area contributed by atoms with Crippen molar-refractivity contribution in [3.63, 3.8) is 0 Å². The summed E-state index contributed by atoms with van der Waals surface area (Å²) in [5.74, 6) is 0.559. The summed E-state index contributed by atoms with van der Waals surface area (Å²) >= 11 is 0. The quantitative estimate of drug-likeness (QED) is 0.732. The molecule has 2 N–H and O–H groups in total. The van der Waals surface area contributed by atoms with Gasteiger partial charge in [-0.3, -0.25) is 0 Å². The standard InChI is InChI=1S/C17H19N5O/c1-13(12-16(23)14-8-4-2-5-9-14)18-17-19-20-21-22(17)15-10-6-3-7-11-15/h2-11,13,16,23H,12H2,1H3,(H,18,19,21)/t13-,16-/m1/s1. The smallest absolute Gasteiger partial charge is 0.247 e. The summed E-state index contributed by atoms with van der Waals surface area (Å²) < 4.78 is 1.64. The third-order valence-corrected chi connectivity index (χ3v) is 3.61. The fourth-order valence-corrected chi connectivity index (χ4v) is 2.45. The summed E-state index contributed by atoms with van der Waals surface area (Å²) in [4.78, 5) is 0. The van der Waals surface area contributed by atoms with E-state index in [1.54, 1.807) is 4.68 Å². The Hall–Kier alpha value is -2.73. The van der Waals surface area contributed by atoms with Gasteiger partial charge < -0.3 is 10.4 Å². The molecule has 0 fully saturated rings. The molecule has 3 aromatic rings. The Morgan fingerprint density at radius 1 is 1.04 bits per heavy atom. The van der Waals surface area contributed by atoms with E-state index in [4.69, 9.17) is 0 Å². The predicted molar refractivity (Wildman–Crippen MR) is 88.3 cm³/mol. The second-order valence-corrected chi connectivity index (χ2v) is 5.46. The Morgan fingerprint density at radius 3 is 2.39 bits per heavy atom. The molecule has 0 unspecified atom stereocenters. The van der Waals surface area contributed by atoms with Crippen molar-refractivity contribution >= 4 is 5.95 Å². The molecule has 2 atom stereocenters. The van der Waals surface area contributed by atoms with Gasteiger partial charge in [0.2, 0.25) is 5.95 Å². The molecule has 0 aliphatic rings. The number of aliphatic hydroxyl groups excluding tert-OH is 1. The van der Waals surface area contributed by atoms with Gasteiger partial charge in [-0.1, -0.05) is 53.6 Å². The molecule has 1 aromatic heterocycles. The third-order valence-electron chi connectivity index (χ3n) is 3.61. The molecule has 0 aliphatic heterocycles. The van der Waals surface area contributed by atoms with E-state index in [1.807, 2.05) is 67.6 Å². The van der Waals surface area contributed by atoms with E-state index < -0.39 is 6.10 Å². The second-order valence-electron chi connectivity index (χ2n) is 5.46. The Morgan fingerprint density at radius 2 is 1.70 bits per heavy atom. The number of aliphatic hydroxyl groups is 1. The summed E-state index contributed by atoms with van der Waals surface area (Å²) in [6.07, 6.45) is 0.0332. The van der Waals surface area contributed by atoms with Gasteiger partial charge in [-0.25, -0.2) is 0 Å². The first kappa shape index (κ1) is 15.2. The number of benzene rings is 2. The van der Waals surface area contributed by atoms with E-state index in [9.17, 15) is 5.11 Å². The van der Waals surface area contributed by atoms with Crippen LogP contribution in [0, 0.1) is 0 Å². The van der Waals surface area contributed by atoms with Gasteiger partial charge in [0, 0.05) is 6.04 Å². The second kappa shape index (κ2) is 7.02. The number of hydrogen-bond acceptors (Lipinski definition) is 5. The summed E-state index contributed by atoms with van der Waals surface area (Å²) in [6, 6.07) is 19.3. The molecule has 6 heteroatoms. The lowest BCUT2D eigenvalue weighted by molar-refractivity contribution is 0.162. The van der Waals surface area contributed by atoms with Gasteiger partial charge in [0.15, 0.2) is 0 Å². The van der Waals surface area contributed by atoms with Crippen LogP contribution in [0.3, 0.4) is 0 Å². The SMILES string of the molecule is C[C@H](C[C@@H](O)c1ccccc1)Nc1nnnn1-c1ccccc1. The number of rotatable bonds is 6. The number of aromatic nitrogens is 4. The van der Waals surface area contributed by atoms with Crippen LogP contribution in [-0.4, -0.2) is 31.4 Å². The highest BCUT2D eigenvalue weighted by atomic mass is 16.3. The van der Waals surface area contributed by atoms with Crippen LogP contribution in [0.15, 0.2) is 60.7 Å². The van der Waals surface area contributed by atoms with E-state index in [0.29, 0.717) is 12.4 Å². The lowest BCUT2D eigenvalue weighted by atomic mass is 10.0. The topological polar surface area (TPSA) is 75.9 Å². The van der Waals surface area contributed by atoms with Gasteiger partial charge in [0.05, 0.1) is 11.8 Å². The maximum Gasteiger partial charge on any atom is 0.247 e. The highest BCUT2D eigenvalue weighted by molar-refractivity contribution is 5.38. The minimum Gasteiger partial charge on any atom is -0.388 e. The zero-order chi connectivity index (χ0) is 16.1. The third kappa shape index (κ3) is 3.73. The average molecular weight is 309 g/mol. The molecule has 0 bridgehead atoms. The van der Waals surface area contributed by atoms with Crippen LogP contribution < -0.4 is 5.32 Å². The van der Waals surface area contributed by atoms with Gasteiger partial charge >= 0.3 is 0 Å². The molecule has 0 amide bonds. The van der Waals surface area contributed by atoms with Crippen molar-refractivity contribution in [2.24, 2.45) is 0 Å². The Bertz CT molecular complexity index is 729. The van der Waals surface area contributed by atoms with Crippen molar-refractivity contribution in [3.8, 4) is 5.69 Å². The number of para-hydroxylation sites is 1. The minimum atomic E-state index is -0.528. The van der Waals surface area contributed by atoms with Crippen molar-refractivity contribution in [1.82, 2.24) is 20.2 Å². The maximum atomic E-state index is 10.3. The zero-order valence-electron chi connectivity index (χ0n) is 12.9. The predicted octanol–water partition coefficient (Wildman–Crippen LogP) is 2.59. The van der Waals surface area contributed by atoms with E-state index in [-0.39, 0.29) is 6.04 Å². The van der Waals surface area contributed by atoms with Crippen LogP contribution >= 0.6 is 0 Å². The van der Waals surface area contributed by atoms with Crippen LogP contribution in [0.2, 0.25) is 0 Å². The number of anilines is 1. The minimum absolute atomic E-state index is 0.0127. The molecule has 0 radical (unpaired) electrons. The summed E-state index contributed by atoms with van der Waals surface area (Å²) in [5.41, 5.74) is 1.79. The number of nitrogens with zero attached hydrogens (tertiary/aromatic N) is 4. The number of tetrazole rings is 1. The Balaban J connectivity index is 1.67. The molecule has 1 heterocycles. The van der Waals surface area contributed by atoms with E-state index >= 15 is 0 Å². The molecule has 3 rings (SSSR count). The fraction of sp³-hybridized carbons (Fsp3) is 0.235. The lowest BCUT2D eigenvalue weighted by Crippen LogP contribution is -2.21. The Kier molecular flexibility index (Phi) is 4.63. The molecule has 0 saturated heterocycles. The number of nitrogens with one attached hydrogen (secondary N) is 1. The normalized spacial score (nSPS) is 13.5. The van der Waals surface area contributed by atoms with Crippen molar-refractivity contribution in [1.29, 1.82) is 0 Å². The van der Waals surface area contributed by atoms with Gasteiger partial charge in [-0.2, -0.15) is 4.68 Å². The lowest BCUT2D eigenvalue weighted by Gasteiger charge is -2.18. The summed E-state index contributed by atoms with van der Waals surface area (Å²) in [7, 11) is 0. The van der Waals surface area contributed by atoms with Crippen molar-refractivity contribution in [2.45, 2.75) is 25.5 Å². The molecular weight excluding hydrogens is 290 g/mol. The maximum absolute atomic E-state index is 10.3. The molecule has 23 heavy (non-hydrogen) atoms. The van der Waals surface area contributed by atoms with Crippen molar-refractivity contribution < 1.29 is 5.11 Å². The largest absolute Gasteiger partial charge is 0.388 e. The first-order valence-electron chi connectivity index (χ1n) is 7.57. The molecule has 0 spiro atoms. The van der Waals surface area contributed by atoms with Gasteiger partial charge in [-0.15, -0.1) is 0 Å². The average Bonchev–Trinajstić information content (AvgIpc) is 3.04. The monoisotopic (exact) mass is 309 g/mol. The molecule has 2 aromatic carbocycles. The van der Waals surface area contributed by atoms with E-state index in [2.05, 4.69) is 20.8 Å². The van der Waals surface area contributed by atoms with Crippen LogP contribution in [0.1, 0.15) is 25.0 Å². The highest BCUT2D eigenvalue weighted by Crippen LogP contribution is 2.20. The van der Waals surface area contributed by atoms with Crippen molar-refractivity contribution in [3.05, 3.63) is 66.2 Å². The van der Waals surface area contributed by atoms with Gasteiger partial charge in [0.25, 0.3) is 0 Å². The fourth-order valence-electron chi connectivity index (χ4n) is 2.45. The van der Waals surface area contributed by atoms with Crippen molar-refractivity contribution in [2.75, 3.05) is 5.32 Å². The molecule has 6 nitrogen and oxygen atoms in total. The number of hydrogen-bond donors (Lipinski definition) is 2. The molecule has 0 aliphatic carbocycles. The van der Waals surface area contributed by atoms with Crippen LogP contribution in [0.4, 0.5) is 5.95 Å². The van der Waals surface area contributed by atoms with Gasteiger partial charge in [0.1, 0.15) is 0 Å². The summed E-state index contributed by atoms with van der Waals surface area (Å²) in [5, 5.41) is 25.3. The molecule has 118 valence electrons. The van der Waals surface area contributed by atoms with Gasteiger partial charge in [-0.05, 0) is 41.5 Å². The van der Waals surface area contributed by atoms with Crippen LogP contribution in [0.25, 0.3) is 5.69 Å². The molecule has 0 saturated carbocycles. The molecular formula is C17H19N5O. The Labute approximate surface area is 134 Å². The van der Waals surface area contributed by atoms with E-state index in [0.717, 1.165) is 11.3 Å². The highest BCUT2D eigenvalue weighted by Gasteiger charge is 2.15. The van der Waals surface area contributed by atoms with Crippen LogP contribution in [-0.2, 0) is 0 Å². The van der Waals surface area contributed by atoms with Crippen LogP contribution in [0.5, 0.6) is 0 Å². The zero-order valence-corrected chi connectivity index (χ0v) is 12.9. The summed E-state index contributed by atoms with van der Waals surface area (Å²) in [6.45, 7) is 2.00. The van der Waals surface area contributed by atoms with E-state index in [1.165, 1.54) is 0 Å². The first-order chi connectivity index (χ1) is 11.2.